The van der Waals surface area contributed by atoms with Crippen LogP contribution in [0.15, 0.2) is 59.8 Å². The number of benzene rings is 2. The Morgan fingerprint density at radius 1 is 0.939 bits per heavy atom. The van der Waals surface area contributed by atoms with Gasteiger partial charge >= 0.3 is 0 Å². The first-order valence-electron chi connectivity index (χ1n) is 12.1. The average Bonchev–Trinajstić information content (AvgIpc) is 3.22. The molecule has 0 N–H and O–H groups in total. The minimum atomic E-state index is 0.289. The standard InChI is InChI=1S/C27H36N4OS/c1-4-18-30(19-5-2)26(32)13-9-10-20-33-27-29-28-25(21-23-11-7-6-8-12-23)31(27)24-16-14-22(3)15-17-24/h6-8,11-12,14-17H,4-5,9-10,13,18-21H2,1-3H3. The van der Waals surface area contributed by atoms with Gasteiger partial charge in [0.2, 0.25) is 5.91 Å². The van der Waals surface area contributed by atoms with Crippen molar-refractivity contribution in [1.82, 2.24) is 19.7 Å². The largest absolute Gasteiger partial charge is 0.343 e. The Kier molecular flexibility index (Phi) is 10.0. The highest BCUT2D eigenvalue weighted by molar-refractivity contribution is 7.99. The van der Waals surface area contributed by atoms with E-state index < -0.39 is 0 Å². The van der Waals surface area contributed by atoms with Crippen LogP contribution in [-0.4, -0.2) is 44.4 Å². The quantitative estimate of drug-likeness (QED) is 0.227. The number of carbonyl (C=O) groups is 1. The summed E-state index contributed by atoms with van der Waals surface area (Å²) in [6, 6.07) is 18.9. The van der Waals surface area contributed by atoms with E-state index in [4.69, 9.17) is 0 Å². The highest BCUT2D eigenvalue weighted by atomic mass is 32.2. The number of aryl methyl sites for hydroxylation is 1. The second kappa shape index (κ2) is 13.2. The predicted octanol–water partition coefficient (Wildman–Crippen LogP) is 6.08. The molecule has 5 nitrogen and oxygen atoms in total. The third-order valence-electron chi connectivity index (χ3n) is 5.55. The van der Waals surface area contributed by atoms with Gasteiger partial charge in [0.15, 0.2) is 5.16 Å². The van der Waals surface area contributed by atoms with Crippen molar-refractivity contribution >= 4 is 17.7 Å². The van der Waals surface area contributed by atoms with Gasteiger partial charge in [-0.1, -0.05) is 73.6 Å². The second-order valence-corrected chi connectivity index (χ2v) is 9.48. The summed E-state index contributed by atoms with van der Waals surface area (Å²) in [5, 5.41) is 9.97. The zero-order valence-corrected chi connectivity index (χ0v) is 21.0. The first-order valence-corrected chi connectivity index (χ1v) is 13.1. The lowest BCUT2D eigenvalue weighted by Gasteiger charge is -2.21. The van der Waals surface area contributed by atoms with Crippen LogP contribution in [0.25, 0.3) is 5.69 Å². The number of hydrogen-bond acceptors (Lipinski definition) is 4. The van der Waals surface area contributed by atoms with E-state index in [2.05, 4.69) is 84.1 Å². The number of rotatable bonds is 13. The molecule has 0 radical (unpaired) electrons. The first kappa shape index (κ1) is 25.0. The Morgan fingerprint density at radius 3 is 2.30 bits per heavy atom. The Labute approximate surface area is 202 Å². The highest BCUT2D eigenvalue weighted by Crippen LogP contribution is 2.25. The Bertz CT molecular complexity index is 979. The normalized spacial score (nSPS) is 11.0. The fourth-order valence-electron chi connectivity index (χ4n) is 3.84. The molecular formula is C27H36N4OS. The average molecular weight is 465 g/mol. The van der Waals surface area contributed by atoms with E-state index in [1.165, 1.54) is 11.1 Å². The fourth-order valence-corrected chi connectivity index (χ4v) is 4.81. The van der Waals surface area contributed by atoms with Crippen molar-refractivity contribution in [2.75, 3.05) is 18.8 Å². The number of thioether (sulfide) groups is 1. The topological polar surface area (TPSA) is 51.0 Å². The molecule has 3 rings (SSSR count). The van der Waals surface area contributed by atoms with Crippen molar-refractivity contribution in [2.24, 2.45) is 0 Å². The predicted molar refractivity (Wildman–Crippen MR) is 137 cm³/mol. The van der Waals surface area contributed by atoms with Crippen LogP contribution in [0.4, 0.5) is 0 Å². The molecule has 0 aliphatic heterocycles. The highest BCUT2D eigenvalue weighted by Gasteiger charge is 2.15. The monoisotopic (exact) mass is 464 g/mol. The lowest BCUT2D eigenvalue weighted by molar-refractivity contribution is -0.131. The molecule has 0 atom stereocenters. The summed E-state index contributed by atoms with van der Waals surface area (Å²) in [6.45, 7) is 8.09. The number of hydrogen-bond donors (Lipinski definition) is 0. The summed E-state index contributed by atoms with van der Waals surface area (Å²) in [7, 11) is 0. The molecule has 0 aliphatic rings. The summed E-state index contributed by atoms with van der Waals surface area (Å²) < 4.78 is 2.17. The lowest BCUT2D eigenvalue weighted by Crippen LogP contribution is -2.32. The third-order valence-corrected chi connectivity index (χ3v) is 6.57. The SMILES string of the molecule is CCCN(CCC)C(=O)CCCCSc1nnc(Cc2ccccc2)n1-c1ccc(C)cc1. The molecule has 1 aromatic heterocycles. The number of amides is 1. The van der Waals surface area contributed by atoms with Crippen LogP contribution in [-0.2, 0) is 11.2 Å². The van der Waals surface area contributed by atoms with Gasteiger partial charge in [-0.05, 0) is 50.3 Å². The van der Waals surface area contributed by atoms with E-state index in [0.29, 0.717) is 6.42 Å². The summed E-state index contributed by atoms with van der Waals surface area (Å²) in [5.41, 5.74) is 3.54. The van der Waals surface area contributed by atoms with Crippen molar-refractivity contribution in [3.05, 3.63) is 71.5 Å². The lowest BCUT2D eigenvalue weighted by atomic mass is 10.1. The van der Waals surface area contributed by atoms with E-state index in [-0.39, 0.29) is 5.91 Å². The van der Waals surface area contributed by atoms with Crippen molar-refractivity contribution in [3.8, 4) is 5.69 Å². The zero-order chi connectivity index (χ0) is 23.5. The van der Waals surface area contributed by atoms with Crippen molar-refractivity contribution in [1.29, 1.82) is 0 Å². The number of nitrogens with zero attached hydrogens (tertiary/aromatic N) is 4. The number of carbonyl (C=O) groups excluding carboxylic acids is 1. The van der Waals surface area contributed by atoms with Gasteiger partial charge in [-0.3, -0.25) is 9.36 Å². The van der Waals surface area contributed by atoms with Gasteiger partial charge in [-0.25, -0.2) is 0 Å². The van der Waals surface area contributed by atoms with E-state index in [1.807, 2.05) is 11.0 Å². The van der Waals surface area contributed by atoms with Crippen molar-refractivity contribution in [3.63, 3.8) is 0 Å². The molecule has 0 bridgehead atoms. The molecule has 6 heteroatoms. The van der Waals surface area contributed by atoms with Crippen LogP contribution >= 0.6 is 11.8 Å². The number of unbranched alkanes of at least 4 members (excludes halogenated alkanes) is 1. The molecule has 0 unspecified atom stereocenters. The fraction of sp³-hybridized carbons (Fsp3) is 0.444. The van der Waals surface area contributed by atoms with Gasteiger partial charge in [0, 0.05) is 37.4 Å². The Hall–Kier alpha value is -2.60. The van der Waals surface area contributed by atoms with Crippen LogP contribution < -0.4 is 0 Å². The van der Waals surface area contributed by atoms with Crippen LogP contribution in [0.1, 0.15) is 62.9 Å². The van der Waals surface area contributed by atoms with E-state index in [9.17, 15) is 4.79 Å². The molecule has 0 aliphatic carbocycles. The molecular weight excluding hydrogens is 428 g/mol. The Morgan fingerprint density at radius 2 is 1.64 bits per heavy atom. The van der Waals surface area contributed by atoms with Gasteiger partial charge < -0.3 is 4.90 Å². The smallest absolute Gasteiger partial charge is 0.222 e. The molecule has 33 heavy (non-hydrogen) atoms. The molecule has 0 spiro atoms. The maximum Gasteiger partial charge on any atom is 0.222 e. The molecule has 3 aromatic rings. The van der Waals surface area contributed by atoms with Crippen LogP contribution in [0.5, 0.6) is 0 Å². The summed E-state index contributed by atoms with van der Waals surface area (Å²) >= 11 is 1.72. The van der Waals surface area contributed by atoms with E-state index >= 15 is 0 Å². The van der Waals surface area contributed by atoms with Crippen LogP contribution in [0.3, 0.4) is 0 Å². The molecule has 2 aromatic carbocycles. The maximum absolute atomic E-state index is 12.5. The van der Waals surface area contributed by atoms with Gasteiger partial charge in [0.25, 0.3) is 0 Å². The molecule has 0 fully saturated rings. The summed E-state index contributed by atoms with van der Waals surface area (Å²) in [5.74, 6) is 2.15. The molecule has 176 valence electrons. The molecule has 1 heterocycles. The second-order valence-electron chi connectivity index (χ2n) is 8.42. The van der Waals surface area contributed by atoms with Gasteiger partial charge in [-0.15, -0.1) is 10.2 Å². The minimum Gasteiger partial charge on any atom is -0.343 e. The van der Waals surface area contributed by atoms with Crippen molar-refractivity contribution in [2.45, 2.75) is 64.5 Å². The summed E-state index contributed by atoms with van der Waals surface area (Å²) in [4.78, 5) is 14.5. The summed E-state index contributed by atoms with van der Waals surface area (Å²) in [6.07, 6.45) is 5.29. The minimum absolute atomic E-state index is 0.289. The first-order chi connectivity index (χ1) is 16.1. The maximum atomic E-state index is 12.5. The van der Waals surface area contributed by atoms with Gasteiger partial charge in [0.05, 0.1) is 0 Å². The zero-order valence-electron chi connectivity index (χ0n) is 20.2. The molecule has 0 saturated heterocycles. The Balaban J connectivity index is 1.63. The number of aromatic nitrogens is 3. The van der Waals surface area contributed by atoms with E-state index in [1.54, 1.807) is 11.8 Å². The van der Waals surface area contributed by atoms with Crippen molar-refractivity contribution < 1.29 is 4.79 Å². The van der Waals surface area contributed by atoms with Crippen LogP contribution in [0.2, 0.25) is 0 Å². The third kappa shape index (κ3) is 7.46. The van der Waals surface area contributed by atoms with Crippen LogP contribution in [0, 0.1) is 6.92 Å². The van der Waals surface area contributed by atoms with Gasteiger partial charge in [-0.2, -0.15) is 0 Å². The molecule has 1 amide bonds. The molecule has 0 saturated carbocycles. The van der Waals surface area contributed by atoms with E-state index in [0.717, 1.165) is 67.6 Å². The van der Waals surface area contributed by atoms with Gasteiger partial charge in [0.1, 0.15) is 5.82 Å².